The number of aryl methyl sites for hydroxylation is 1. The van der Waals surface area contributed by atoms with Crippen LogP contribution in [0.4, 0.5) is 15.8 Å². The lowest BCUT2D eigenvalue weighted by molar-refractivity contribution is -0.116. The summed E-state index contributed by atoms with van der Waals surface area (Å²) >= 11 is 0. The van der Waals surface area contributed by atoms with Crippen LogP contribution in [0, 0.1) is 17.1 Å². The van der Waals surface area contributed by atoms with E-state index in [1.54, 1.807) is 48.5 Å². The maximum atomic E-state index is 13.5. The van der Waals surface area contributed by atoms with Gasteiger partial charge in [-0.05, 0) is 42.3 Å². The van der Waals surface area contributed by atoms with Crippen molar-refractivity contribution in [3.05, 3.63) is 59.9 Å². The highest BCUT2D eigenvalue weighted by atomic mass is 19.1. The highest BCUT2D eigenvalue weighted by Gasteiger charge is 2.07. The Bertz CT molecular complexity index is 767. The van der Waals surface area contributed by atoms with Crippen molar-refractivity contribution in [1.82, 2.24) is 0 Å². The lowest BCUT2D eigenvalue weighted by Gasteiger charge is -2.07. The monoisotopic (exact) mass is 325 g/mol. The Morgan fingerprint density at radius 1 is 0.958 bits per heavy atom. The minimum atomic E-state index is -0.390. The Kier molecular flexibility index (Phi) is 6.03. The molecule has 2 rings (SSSR count). The number of carbonyl (C=O) groups is 2. The molecule has 0 heterocycles. The van der Waals surface area contributed by atoms with Crippen LogP contribution in [0.15, 0.2) is 48.5 Å². The first kappa shape index (κ1) is 17.2. The van der Waals surface area contributed by atoms with E-state index in [1.165, 1.54) is 6.07 Å². The Morgan fingerprint density at radius 2 is 1.54 bits per heavy atom. The predicted molar refractivity (Wildman–Crippen MR) is 88.7 cm³/mol. The summed E-state index contributed by atoms with van der Waals surface area (Å²) in [5.41, 5.74) is 1.62. The van der Waals surface area contributed by atoms with Gasteiger partial charge in [0.1, 0.15) is 12.2 Å². The van der Waals surface area contributed by atoms with Gasteiger partial charge in [0.05, 0.1) is 6.07 Å². The summed E-state index contributed by atoms with van der Waals surface area (Å²) in [4.78, 5) is 23.2. The predicted octanol–water partition coefficient (Wildman–Crippen LogP) is 3.25. The van der Waals surface area contributed by atoms with Gasteiger partial charge in [-0.2, -0.15) is 5.26 Å². The molecule has 2 aromatic rings. The van der Waals surface area contributed by atoms with Crippen molar-refractivity contribution in [1.29, 1.82) is 5.26 Å². The standard InChI is InChI=1S/C18H16FN3O2/c19-16-4-2-1-3-13(16)5-10-17(23)21-14-6-8-15(9-7-14)22-18(24)11-12-20/h1-4,6-9H,5,10-11H2,(H,21,23)(H,22,24). The topological polar surface area (TPSA) is 82.0 Å². The SMILES string of the molecule is N#CCC(=O)Nc1ccc(NC(=O)CCc2ccccc2F)cc1. The molecule has 24 heavy (non-hydrogen) atoms. The van der Waals surface area contributed by atoms with Crippen LogP contribution in [-0.2, 0) is 16.0 Å². The average Bonchev–Trinajstić information content (AvgIpc) is 2.56. The number of benzene rings is 2. The van der Waals surface area contributed by atoms with Crippen molar-refractivity contribution in [2.45, 2.75) is 19.3 Å². The van der Waals surface area contributed by atoms with Crippen molar-refractivity contribution in [3.8, 4) is 6.07 Å². The van der Waals surface area contributed by atoms with Gasteiger partial charge >= 0.3 is 0 Å². The number of anilines is 2. The van der Waals surface area contributed by atoms with Gasteiger partial charge in [0, 0.05) is 17.8 Å². The highest BCUT2D eigenvalue weighted by Crippen LogP contribution is 2.15. The molecule has 122 valence electrons. The smallest absolute Gasteiger partial charge is 0.238 e. The maximum Gasteiger partial charge on any atom is 0.238 e. The molecule has 0 fully saturated rings. The molecule has 2 aromatic carbocycles. The number of carbonyl (C=O) groups excluding carboxylic acids is 2. The van der Waals surface area contributed by atoms with E-state index in [9.17, 15) is 14.0 Å². The molecule has 0 bridgehead atoms. The molecule has 0 aliphatic rings. The van der Waals surface area contributed by atoms with Gasteiger partial charge < -0.3 is 10.6 Å². The molecule has 0 aromatic heterocycles. The quantitative estimate of drug-likeness (QED) is 0.855. The van der Waals surface area contributed by atoms with Crippen molar-refractivity contribution >= 4 is 23.2 Å². The van der Waals surface area contributed by atoms with Crippen molar-refractivity contribution in [3.63, 3.8) is 0 Å². The molecule has 0 radical (unpaired) electrons. The summed E-state index contributed by atoms with van der Waals surface area (Å²) in [5, 5.41) is 13.7. The van der Waals surface area contributed by atoms with Gasteiger partial charge in [-0.3, -0.25) is 9.59 Å². The summed E-state index contributed by atoms with van der Waals surface area (Å²) in [5.74, 6) is -0.929. The lowest BCUT2D eigenvalue weighted by Crippen LogP contribution is -2.13. The number of hydrogen-bond donors (Lipinski definition) is 2. The van der Waals surface area contributed by atoms with Crippen LogP contribution in [0.1, 0.15) is 18.4 Å². The zero-order valence-electron chi connectivity index (χ0n) is 12.9. The molecular weight excluding hydrogens is 309 g/mol. The summed E-state index contributed by atoms with van der Waals surface area (Å²) in [7, 11) is 0. The molecule has 0 saturated carbocycles. The Hall–Kier alpha value is -3.20. The van der Waals surface area contributed by atoms with E-state index in [-0.39, 0.29) is 30.5 Å². The number of rotatable bonds is 6. The highest BCUT2D eigenvalue weighted by molar-refractivity contribution is 5.93. The van der Waals surface area contributed by atoms with Gasteiger partial charge in [0.15, 0.2) is 0 Å². The van der Waals surface area contributed by atoms with Crippen LogP contribution < -0.4 is 10.6 Å². The van der Waals surface area contributed by atoms with Crippen molar-refractivity contribution in [2.75, 3.05) is 10.6 Å². The number of nitriles is 1. The Balaban J connectivity index is 1.85. The van der Waals surface area contributed by atoms with Gasteiger partial charge in [0.2, 0.25) is 11.8 Å². The summed E-state index contributed by atoms with van der Waals surface area (Å²) < 4.78 is 13.5. The van der Waals surface area contributed by atoms with E-state index in [4.69, 9.17) is 5.26 Å². The third-order valence-corrected chi connectivity index (χ3v) is 3.27. The molecule has 6 heteroatoms. The molecule has 2 N–H and O–H groups in total. The van der Waals surface area contributed by atoms with Crippen LogP contribution >= 0.6 is 0 Å². The van der Waals surface area contributed by atoms with Gasteiger partial charge in [0.25, 0.3) is 0 Å². The number of halogens is 1. The maximum absolute atomic E-state index is 13.5. The fourth-order valence-electron chi connectivity index (χ4n) is 2.09. The van der Waals surface area contributed by atoms with E-state index in [0.717, 1.165) is 0 Å². The minimum absolute atomic E-state index is 0.168. The third-order valence-electron chi connectivity index (χ3n) is 3.27. The van der Waals surface area contributed by atoms with E-state index >= 15 is 0 Å². The first-order valence-electron chi connectivity index (χ1n) is 7.38. The number of nitrogens with one attached hydrogen (secondary N) is 2. The molecule has 0 aliphatic carbocycles. The summed E-state index contributed by atoms with van der Waals surface area (Å²) in [6.45, 7) is 0. The molecule has 0 saturated heterocycles. The molecule has 0 atom stereocenters. The van der Waals surface area contributed by atoms with Gasteiger partial charge in [-0.25, -0.2) is 4.39 Å². The number of hydrogen-bond acceptors (Lipinski definition) is 3. The van der Waals surface area contributed by atoms with Crippen LogP contribution in [0.5, 0.6) is 0 Å². The van der Waals surface area contributed by atoms with Crippen LogP contribution in [0.2, 0.25) is 0 Å². The minimum Gasteiger partial charge on any atom is -0.326 e. The second-order valence-electron chi connectivity index (χ2n) is 5.10. The zero-order valence-corrected chi connectivity index (χ0v) is 12.9. The van der Waals surface area contributed by atoms with Gasteiger partial charge in [-0.15, -0.1) is 0 Å². The molecule has 0 unspecified atom stereocenters. The fraction of sp³-hybridized carbons (Fsp3) is 0.167. The molecule has 0 spiro atoms. The molecule has 2 amide bonds. The number of amides is 2. The zero-order chi connectivity index (χ0) is 17.4. The summed E-state index contributed by atoms with van der Waals surface area (Å²) in [6.07, 6.45) is 0.275. The Morgan fingerprint density at radius 3 is 2.12 bits per heavy atom. The van der Waals surface area contributed by atoms with E-state index in [0.29, 0.717) is 23.4 Å². The molecular formula is C18H16FN3O2. The van der Waals surface area contributed by atoms with E-state index in [2.05, 4.69) is 10.6 Å². The van der Waals surface area contributed by atoms with E-state index in [1.807, 2.05) is 0 Å². The first-order valence-corrected chi connectivity index (χ1v) is 7.38. The second kappa shape index (κ2) is 8.44. The van der Waals surface area contributed by atoms with Crippen LogP contribution in [0.25, 0.3) is 0 Å². The van der Waals surface area contributed by atoms with Gasteiger partial charge in [-0.1, -0.05) is 18.2 Å². The van der Waals surface area contributed by atoms with Crippen molar-refractivity contribution in [2.24, 2.45) is 0 Å². The van der Waals surface area contributed by atoms with Crippen LogP contribution in [-0.4, -0.2) is 11.8 Å². The third kappa shape index (κ3) is 5.21. The van der Waals surface area contributed by atoms with E-state index < -0.39 is 0 Å². The average molecular weight is 325 g/mol. The molecule has 5 nitrogen and oxygen atoms in total. The Labute approximate surface area is 139 Å². The number of nitrogens with zero attached hydrogens (tertiary/aromatic N) is 1. The van der Waals surface area contributed by atoms with Crippen molar-refractivity contribution < 1.29 is 14.0 Å². The summed E-state index contributed by atoms with van der Waals surface area (Å²) in [6, 6.07) is 14.7. The second-order valence-corrected chi connectivity index (χ2v) is 5.10. The molecule has 0 aliphatic heterocycles. The normalized spacial score (nSPS) is 9.83. The fourth-order valence-corrected chi connectivity index (χ4v) is 2.09. The lowest BCUT2D eigenvalue weighted by atomic mass is 10.1. The van der Waals surface area contributed by atoms with Crippen LogP contribution in [0.3, 0.4) is 0 Å². The largest absolute Gasteiger partial charge is 0.326 e. The first-order chi connectivity index (χ1) is 11.6.